The number of nitrogens with one attached hydrogen (secondary N) is 1. The van der Waals surface area contributed by atoms with Gasteiger partial charge in [0.05, 0.1) is 30.7 Å². The lowest BCUT2D eigenvalue weighted by atomic mass is 10.2. The topological polar surface area (TPSA) is 84.9 Å². The lowest BCUT2D eigenvalue weighted by Gasteiger charge is -2.15. The van der Waals surface area contributed by atoms with Crippen LogP contribution in [0.15, 0.2) is 23.1 Å². The lowest BCUT2D eigenvalue weighted by molar-refractivity contribution is -0.117. The van der Waals surface area contributed by atoms with E-state index in [0.29, 0.717) is 30.6 Å². The summed E-state index contributed by atoms with van der Waals surface area (Å²) in [5.74, 6) is 0.529. The zero-order valence-electron chi connectivity index (χ0n) is 14.8. The van der Waals surface area contributed by atoms with Crippen LogP contribution >= 0.6 is 0 Å². The first-order valence-corrected chi connectivity index (χ1v) is 9.10. The van der Waals surface area contributed by atoms with E-state index >= 15 is 0 Å². The minimum Gasteiger partial charge on any atom is -0.495 e. The Morgan fingerprint density at radius 1 is 1.29 bits per heavy atom. The van der Waals surface area contributed by atoms with Gasteiger partial charge in [-0.2, -0.15) is 0 Å². The molecule has 0 radical (unpaired) electrons. The van der Waals surface area contributed by atoms with Gasteiger partial charge in [0.15, 0.2) is 0 Å². The quantitative estimate of drug-likeness (QED) is 0.682. The van der Waals surface area contributed by atoms with Crippen molar-refractivity contribution < 1.29 is 22.7 Å². The number of hydrogen-bond donors (Lipinski definition) is 1. The van der Waals surface area contributed by atoms with Gasteiger partial charge in [-0.3, -0.25) is 4.79 Å². The Labute approximate surface area is 144 Å². The van der Waals surface area contributed by atoms with Crippen LogP contribution in [-0.4, -0.2) is 53.0 Å². The molecule has 0 saturated heterocycles. The molecule has 0 aromatic heterocycles. The largest absolute Gasteiger partial charge is 0.495 e. The Morgan fingerprint density at radius 2 is 1.96 bits per heavy atom. The highest BCUT2D eigenvalue weighted by atomic mass is 32.2. The number of methoxy groups -OCH3 is 1. The second-order valence-electron chi connectivity index (χ2n) is 5.92. The average molecular weight is 358 g/mol. The predicted octanol–water partition coefficient (Wildman–Crippen LogP) is 1.95. The van der Waals surface area contributed by atoms with Gasteiger partial charge < -0.3 is 14.8 Å². The van der Waals surface area contributed by atoms with Gasteiger partial charge in [-0.1, -0.05) is 13.8 Å². The molecule has 24 heavy (non-hydrogen) atoms. The van der Waals surface area contributed by atoms with Crippen LogP contribution in [0.4, 0.5) is 5.69 Å². The molecule has 1 N–H and O–H groups in total. The van der Waals surface area contributed by atoms with Gasteiger partial charge in [0.25, 0.3) is 0 Å². The van der Waals surface area contributed by atoms with Crippen molar-refractivity contribution in [2.45, 2.75) is 25.2 Å². The highest BCUT2D eigenvalue weighted by Gasteiger charge is 2.19. The molecule has 1 aromatic carbocycles. The first-order valence-electron chi connectivity index (χ1n) is 7.66. The van der Waals surface area contributed by atoms with Crippen molar-refractivity contribution in [3.8, 4) is 5.75 Å². The third-order valence-corrected chi connectivity index (χ3v) is 4.96. The molecule has 0 bridgehead atoms. The molecule has 7 nitrogen and oxygen atoms in total. The van der Waals surface area contributed by atoms with E-state index in [1.54, 1.807) is 0 Å². The fraction of sp³-hybridized carbons (Fsp3) is 0.562. The summed E-state index contributed by atoms with van der Waals surface area (Å²) in [4.78, 5) is 12.1. The van der Waals surface area contributed by atoms with E-state index in [4.69, 9.17) is 9.47 Å². The summed E-state index contributed by atoms with van der Waals surface area (Å²) in [6.07, 6.45) is 0.181. The number of rotatable bonds is 9. The highest BCUT2D eigenvalue weighted by molar-refractivity contribution is 7.89. The SMILES string of the molecule is COc1ccc(S(=O)(=O)N(C)C)cc1NC(=O)CCOCC(C)C. The molecule has 0 unspecified atom stereocenters. The summed E-state index contributed by atoms with van der Waals surface area (Å²) in [5.41, 5.74) is 0.314. The molecule has 0 saturated carbocycles. The van der Waals surface area contributed by atoms with Crippen LogP contribution in [0, 0.1) is 5.92 Å². The normalized spacial score (nSPS) is 11.8. The molecule has 1 rings (SSSR count). The molecule has 136 valence electrons. The molecule has 1 aromatic rings. The second-order valence-corrected chi connectivity index (χ2v) is 8.07. The van der Waals surface area contributed by atoms with Crippen LogP contribution in [-0.2, 0) is 19.6 Å². The Kier molecular flexibility index (Phi) is 7.65. The fourth-order valence-electron chi connectivity index (χ4n) is 1.85. The zero-order chi connectivity index (χ0) is 18.3. The minimum absolute atomic E-state index is 0.0830. The molecular formula is C16H26N2O5S. The van der Waals surface area contributed by atoms with E-state index in [1.807, 2.05) is 13.8 Å². The smallest absolute Gasteiger partial charge is 0.242 e. The van der Waals surface area contributed by atoms with Crippen LogP contribution in [0.1, 0.15) is 20.3 Å². The van der Waals surface area contributed by atoms with E-state index in [2.05, 4.69) is 5.32 Å². The number of anilines is 1. The Morgan fingerprint density at radius 3 is 2.50 bits per heavy atom. The fourth-order valence-corrected chi connectivity index (χ4v) is 2.78. The number of benzene rings is 1. The van der Waals surface area contributed by atoms with Crippen LogP contribution in [0.25, 0.3) is 0 Å². The van der Waals surface area contributed by atoms with Crippen molar-refractivity contribution in [3.63, 3.8) is 0 Å². The Bertz CT molecular complexity index is 656. The van der Waals surface area contributed by atoms with Crippen molar-refractivity contribution in [3.05, 3.63) is 18.2 Å². The second kappa shape index (κ2) is 9.00. The molecule has 8 heteroatoms. The third kappa shape index (κ3) is 5.77. The predicted molar refractivity (Wildman–Crippen MR) is 92.8 cm³/mol. The standard InChI is InChI=1S/C16H26N2O5S/c1-12(2)11-23-9-8-16(19)17-14-10-13(6-7-15(14)22-5)24(20,21)18(3)4/h6-7,10,12H,8-9,11H2,1-5H3,(H,17,19). The first kappa shape index (κ1) is 20.4. The number of carbonyl (C=O) groups is 1. The monoisotopic (exact) mass is 358 g/mol. The van der Waals surface area contributed by atoms with Crippen LogP contribution in [0.5, 0.6) is 5.75 Å². The summed E-state index contributed by atoms with van der Waals surface area (Å²) in [6, 6.07) is 4.35. The number of sulfonamides is 1. The van der Waals surface area contributed by atoms with Crippen LogP contribution < -0.4 is 10.1 Å². The summed E-state index contributed by atoms with van der Waals surface area (Å²) >= 11 is 0. The summed E-state index contributed by atoms with van der Waals surface area (Å²) in [5, 5.41) is 2.67. The van der Waals surface area contributed by atoms with Gasteiger partial charge in [-0.05, 0) is 24.1 Å². The highest BCUT2D eigenvalue weighted by Crippen LogP contribution is 2.28. The number of amides is 1. The zero-order valence-corrected chi connectivity index (χ0v) is 15.6. The molecule has 0 aliphatic heterocycles. The lowest BCUT2D eigenvalue weighted by Crippen LogP contribution is -2.22. The number of nitrogens with zero attached hydrogens (tertiary/aromatic N) is 1. The molecule has 0 aliphatic carbocycles. The van der Waals surface area contributed by atoms with Gasteiger partial charge >= 0.3 is 0 Å². The Hall–Kier alpha value is -1.64. The van der Waals surface area contributed by atoms with Crippen molar-refractivity contribution in [1.82, 2.24) is 4.31 Å². The third-order valence-electron chi connectivity index (χ3n) is 3.15. The number of ether oxygens (including phenoxy) is 2. The maximum Gasteiger partial charge on any atom is 0.242 e. The van der Waals surface area contributed by atoms with Crippen molar-refractivity contribution in [2.24, 2.45) is 5.92 Å². The van der Waals surface area contributed by atoms with Crippen molar-refractivity contribution in [1.29, 1.82) is 0 Å². The van der Waals surface area contributed by atoms with E-state index in [0.717, 1.165) is 4.31 Å². The molecular weight excluding hydrogens is 332 g/mol. The molecule has 0 heterocycles. The summed E-state index contributed by atoms with van der Waals surface area (Å²) in [6.45, 7) is 4.96. The van der Waals surface area contributed by atoms with Crippen LogP contribution in [0.2, 0.25) is 0 Å². The minimum atomic E-state index is -3.59. The maximum absolute atomic E-state index is 12.2. The molecule has 0 atom stereocenters. The van der Waals surface area contributed by atoms with Gasteiger partial charge in [0.1, 0.15) is 5.75 Å². The molecule has 0 fully saturated rings. The van der Waals surface area contributed by atoms with Gasteiger partial charge in [0.2, 0.25) is 15.9 Å². The van der Waals surface area contributed by atoms with Crippen molar-refractivity contribution >= 4 is 21.6 Å². The molecule has 0 aliphatic rings. The maximum atomic E-state index is 12.2. The first-order chi connectivity index (χ1) is 11.2. The van der Waals surface area contributed by atoms with E-state index in [1.165, 1.54) is 39.4 Å². The van der Waals surface area contributed by atoms with Gasteiger partial charge in [-0.25, -0.2) is 12.7 Å². The van der Waals surface area contributed by atoms with E-state index < -0.39 is 10.0 Å². The Balaban J connectivity index is 2.84. The number of hydrogen-bond acceptors (Lipinski definition) is 5. The molecule has 1 amide bonds. The summed E-state index contributed by atoms with van der Waals surface area (Å²) in [7, 11) is 0.763. The van der Waals surface area contributed by atoms with Gasteiger partial charge in [-0.15, -0.1) is 0 Å². The summed E-state index contributed by atoms with van der Waals surface area (Å²) < 4.78 is 36.1. The van der Waals surface area contributed by atoms with Crippen molar-refractivity contribution in [2.75, 3.05) is 39.7 Å². The molecule has 0 spiro atoms. The van der Waals surface area contributed by atoms with Gasteiger partial charge in [0, 0.05) is 20.7 Å². The van der Waals surface area contributed by atoms with E-state index in [-0.39, 0.29) is 17.2 Å². The average Bonchev–Trinajstić information content (AvgIpc) is 2.51. The van der Waals surface area contributed by atoms with Crippen LogP contribution in [0.3, 0.4) is 0 Å². The van der Waals surface area contributed by atoms with E-state index in [9.17, 15) is 13.2 Å². The number of carbonyl (C=O) groups excluding carboxylic acids is 1.